The molecule has 0 amide bonds. The number of para-hydroxylation sites is 2. The monoisotopic (exact) mass is 775 g/mol. The second-order valence-electron chi connectivity index (χ2n) is 9.21. The lowest BCUT2D eigenvalue weighted by atomic mass is 10.2. The Morgan fingerprint density at radius 1 is 0.596 bits per heavy atom. The molecule has 1 unspecified atom stereocenters. The first-order valence-electron chi connectivity index (χ1n) is 13.7. The van der Waals surface area contributed by atoms with Gasteiger partial charge in [0.2, 0.25) is 0 Å². The maximum absolute atomic E-state index is 12.0. The van der Waals surface area contributed by atoms with E-state index >= 15 is 0 Å². The van der Waals surface area contributed by atoms with Gasteiger partial charge in [0, 0.05) is 45.1 Å². The Labute approximate surface area is 299 Å². The molecule has 0 fully saturated rings. The fourth-order valence-corrected chi connectivity index (χ4v) is 5.69. The molecule has 5 rings (SSSR count). The summed E-state index contributed by atoms with van der Waals surface area (Å²) in [6, 6.07) is 37.9. The standard InChI is InChI=1S/C13H11Cl2O3P.C7H9N.C7H8O.C6H4Cl3O2P/c14-12-8-4-5-9-13(12)18-19(15,16)17-10-11-6-2-1-3-7-11;1-6-4-3-5-7(2)8-6;8-6-7-4-2-1-3-5-7;7-5-3-1-2-4-6(5)11-12(8,9)10/h1-9H,10H2;3-5H,1-2H3;1-5,8H,6H2;1-4H. The fourth-order valence-electron chi connectivity index (χ4n) is 3.28. The van der Waals surface area contributed by atoms with E-state index < -0.39 is 13.0 Å². The maximum atomic E-state index is 12.0. The van der Waals surface area contributed by atoms with Crippen molar-refractivity contribution in [3.63, 3.8) is 0 Å². The molecule has 0 aliphatic carbocycles. The minimum atomic E-state index is -3.72. The van der Waals surface area contributed by atoms with E-state index in [9.17, 15) is 9.13 Å². The van der Waals surface area contributed by atoms with Crippen LogP contribution in [0, 0.1) is 13.8 Å². The highest BCUT2D eigenvalue weighted by Crippen LogP contribution is 2.58. The Hall–Kier alpha value is -2.54. The van der Waals surface area contributed by atoms with Crippen molar-refractivity contribution in [2.24, 2.45) is 0 Å². The van der Waals surface area contributed by atoms with Crippen molar-refractivity contribution in [3.05, 3.63) is 160 Å². The Morgan fingerprint density at radius 2 is 1.02 bits per heavy atom. The number of nitrogens with zero attached hydrogens (tertiary/aromatic N) is 1. The van der Waals surface area contributed by atoms with Crippen LogP contribution in [-0.4, -0.2) is 10.1 Å². The summed E-state index contributed by atoms with van der Waals surface area (Å²) in [6.07, 6.45) is -3.55. The number of aromatic nitrogens is 1. The summed E-state index contributed by atoms with van der Waals surface area (Å²) in [5, 5.41) is 9.18. The molecule has 0 aliphatic heterocycles. The summed E-state index contributed by atoms with van der Waals surface area (Å²) < 4.78 is 37.7. The zero-order valence-electron chi connectivity index (χ0n) is 25.3. The summed E-state index contributed by atoms with van der Waals surface area (Å²) in [7, 11) is 0. The van der Waals surface area contributed by atoms with E-state index in [-0.39, 0.29) is 24.7 Å². The van der Waals surface area contributed by atoms with Crippen molar-refractivity contribution in [2.45, 2.75) is 27.1 Å². The van der Waals surface area contributed by atoms with Crippen molar-refractivity contribution in [1.82, 2.24) is 4.98 Å². The van der Waals surface area contributed by atoms with Gasteiger partial charge in [-0.25, -0.2) is 9.13 Å². The number of aryl methyl sites for hydroxylation is 2. The molecule has 0 saturated carbocycles. The highest BCUT2D eigenvalue weighted by Gasteiger charge is 2.24. The first kappa shape index (κ1) is 40.6. The maximum Gasteiger partial charge on any atom is 0.477 e. The molecule has 14 heteroatoms. The summed E-state index contributed by atoms with van der Waals surface area (Å²) in [5.41, 5.74) is 3.99. The van der Waals surface area contributed by atoms with E-state index in [4.69, 9.17) is 71.1 Å². The molecular weight excluding hydrogens is 746 g/mol. The van der Waals surface area contributed by atoms with Crippen molar-refractivity contribution in [1.29, 1.82) is 0 Å². The van der Waals surface area contributed by atoms with Crippen molar-refractivity contribution < 1.29 is 27.8 Å². The van der Waals surface area contributed by atoms with E-state index in [2.05, 4.69) is 9.51 Å². The second kappa shape index (κ2) is 21.4. The SMILES string of the molecule is Cc1cccc(C)n1.O=P(Cl)(Cl)Oc1ccccc1Cl.O=P(Cl)(OCc1ccccc1)Oc1ccccc1Cl.OCc1ccccc1. The minimum Gasteiger partial charge on any atom is -0.421 e. The van der Waals surface area contributed by atoms with Gasteiger partial charge in [0.25, 0.3) is 0 Å². The summed E-state index contributed by atoms with van der Waals surface area (Å²) in [4.78, 5) is 4.17. The molecule has 1 heterocycles. The lowest BCUT2D eigenvalue weighted by Gasteiger charge is -2.13. The summed E-state index contributed by atoms with van der Waals surface area (Å²) in [6.45, 7) is 0.510. The normalized spacial score (nSPS) is 11.6. The zero-order valence-corrected chi connectivity index (χ0v) is 30.8. The molecule has 0 bridgehead atoms. The number of pyridine rings is 1. The van der Waals surface area contributed by atoms with Gasteiger partial charge in [0.1, 0.15) is 11.5 Å². The highest BCUT2D eigenvalue weighted by atomic mass is 35.9. The quantitative estimate of drug-likeness (QED) is 0.157. The van der Waals surface area contributed by atoms with Gasteiger partial charge >= 0.3 is 13.0 Å². The van der Waals surface area contributed by atoms with E-state index in [1.807, 2.05) is 92.7 Å². The van der Waals surface area contributed by atoms with Gasteiger partial charge in [0.15, 0.2) is 0 Å². The van der Waals surface area contributed by atoms with Crippen molar-refractivity contribution in [3.8, 4) is 11.5 Å². The van der Waals surface area contributed by atoms with Crippen LogP contribution in [0.15, 0.2) is 127 Å². The van der Waals surface area contributed by atoms with E-state index in [0.717, 1.165) is 22.5 Å². The molecular formula is C33H32Cl5NO6P2. The van der Waals surface area contributed by atoms with Crippen LogP contribution in [0.25, 0.3) is 0 Å². The van der Waals surface area contributed by atoms with E-state index in [0.29, 0.717) is 10.0 Å². The lowest BCUT2D eigenvalue weighted by Crippen LogP contribution is -1.94. The Morgan fingerprint density at radius 3 is 1.40 bits per heavy atom. The van der Waals surface area contributed by atoms with Gasteiger partial charge in [-0.2, -0.15) is 0 Å². The molecule has 250 valence electrons. The van der Waals surface area contributed by atoms with E-state index in [1.165, 1.54) is 6.07 Å². The van der Waals surface area contributed by atoms with Crippen LogP contribution in [0.4, 0.5) is 0 Å². The van der Waals surface area contributed by atoms with Crippen LogP contribution >= 0.6 is 69.9 Å². The molecule has 0 spiro atoms. The van der Waals surface area contributed by atoms with Gasteiger partial charge in [-0.05, 0) is 61.4 Å². The number of rotatable bonds is 8. The zero-order chi connectivity index (χ0) is 34.7. The van der Waals surface area contributed by atoms with Crippen LogP contribution in [0.2, 0.25) is 10.0 Å². The third-order valence-corrected chi connectivity index (χ3v) is 8.17. The molecule has 0 aliphatic rings. The predicted octanol–water partition coefficient (Wildman–Crippen LogP) is 12.5. The predicted molar refractivity (Wildman–Crippen MR) is 194 cm³/mol. The van der Waals surface area contributed by atoms with Crippen molar-refractivity contribution >= 4 is 69.9 Å². The molecule has 1 N–H and O–H groups in total. The van der Waals surface area contributed by atoms with Gasteiger partial charge in [-0.3, -0.25) is 9.51 Å². The lowest BCUT2D eigenvalue weighted by molar-refractivity contribution is 0.269. The van der Waals surface area contributed by atoms with Crippen LogP contribution in [0.3, 0.4) is 0 Å². The molecule has 1 aromatic heterocycles. The number of hydrogen-bond acceptors (Lipinski definition) is 7. The van der Waals surface area contributed by atoms with Gasteiger partial charge < -0.3 is 14.2 Å². The molecule has 0 radical (unpaired) electrons. The molecule has 0 saturated heterocycles. The van der Waals surface area contributed by atoms with Crippen LogP contribution in [0.5, 0.6) is 11.5 Å². The number of aliphatic hydroxyl groups excluding tert-OH is 1. The average molecular weight is 778 g/mol. The third-order valence-electron chi connectivity index (χ3n) is 5.37. The van der Waals surface area contributed by atoms with Crippen molar-refractivity contribution in [2.75, 3.05) is 0 Å². The first-order chi connectivity index (χ1) is 22.3. The van der Waals surface area contributed by atoms with Gasteiger partial charge in [-0.1, -0.05) is 114 Å². The van der Waals surface area contributed by atoms with Crippen LogP contribution in [-0.2, 0) is 26.9 Å². The molecule has 7 nitrogen and oxygen atoms in total. The molecule has 1 atom stereocenters. The van der Waals surface area contributed by atoms with Crippen LogP contribution in [0.1, 0.15) is 22.5 Å². The van der Waals surface area contributed by atoms with Gasteiger partial charge in [-0.15, -0.1) is 0 Å². The Bertz CT molecular complexity index is 1710. The largest absolute Gasteiger partial charge is 0.477 e. The molecule has 5 aromatic rings. The summed E-state index contributed by atoms with van der Waals surface area (Å²) >= 11 is 27.7. The minimum absolute atomic E-state index is 0.103. The van der Waals surface area contributed by atoms with Gasteiger partial charge in [0.05, 0.1) is 23.3 Å². The molecule has 4 aromatic carbocycles. The number of benzene rings is 4. The van der Waals surface area contributed by atoms with Crippen LogP contribution < -0.4 is 9.05 Å². The molecule has 47 heavy (non-hydrogen) atoms. The number of aliphatic hydroxyl groups is 1. The number of hydrogen-bond donors (Lipinski definition) is 1. The summed E-state index contributed by atoms with van der Waals surface area (Å²) in [5.74, 6) is 0.447. The smallest absolute Gasteiger partial charge is 0.421 e. The average Bonchev–Trinajstić information content (AvgIpc) is 3.03. The first-order valence-corrected chi connectivity index (χ1v) is 20.3. The van der Waals surface area contributed by atoms with E-state index in [1.54, 1.807) is 42.5 Å². The fraction of sp³-hybridized carbons (Fsp3) is 0.121. The Balaban J connectivity index is 0.000000235. The Kier molecular flexibility index (Phi) is 18.5. The second-order valence-corrected chi connectivity index (χ2v) is 16.8. The third kappa shape index (κ3) is 18.6. The number of halogens is 5. The topological polar surface area (TPSA) is 95.0 Å². The highest BCUT2D eigenvalue weighted by molar-refractivity contribution is 8.05.